The molecule has 0 aromatic carbocycles. The van der Waals surface area contributed by atoms with Gasteiger partial charge in [0.1, 0.15) is 6.61 Å². The zero-order valence-corrected chi connectivity index (χ0v) is 10.6. The molecule has 0 saturated carbocycles. The monoisotopic (exact) mass is 285 g/mol. The number of aryl methyl sites for hydroxylation is 1. The quantitative estimate of drug-likeness (QED) is 0.817. The van der Waals surface area contributed by atoms with Crippen molar-refractivity contribution in [2.45, 2.75) is 32.1 Å². The van der Waals surface area contributed by atoms with E-state index in [4.69, 9.17) is 17.3 Å². The fourth-order valence-corrected chi connectivity index (χ4v) is 1.81. The SMILES string of the molecule is CCn1ncc(Cl)c1C(N)CCOCC(F)(F)F. The van der Waals surface area contributed by atoms with Crippen LogP contribution in [0, 0.1) is 0 Å². The van der Waals surface area contributed by atoms with Crippen molar-refractivity contribution in [2.75, 3.05) is 13.2 Å². The van der Waals surface area contributed by atoms with Gasteiger partial charge >= 0.3 is 6.18 Å². The molecule has 0 aliphatic rings. The van der Waals surface area contributed by atoms with Gasteiger partial charge in [-0.25, -0.2) is 0 Å². The van der Waals surface area contributed by atoms with Gasteiger partial charge in [-0.15, -0.1) is 0 Å². The molecule has 0 aliphatic carbocycles. The van der Waals surface area contributed by atoms with Gasteiger partial charge in [-0.05, 0) is 13.3 Å². The Morgan fingerprint density at radius 2 is 2.22 bits per heavy atom. The van der Waals surface area contributed by atoms with Crippen molar-refractivity contribution in [3.63, 3.8) is 0 Å². The Balaban J connectivity index is 2.45. The molecule has 0 fully saturated rings. The number of rotatable bonds is 6. The highest BCUT2D eigenvalue weighted by molar-refractivity contribution is 6.31. The minimum absolute atomic E-state index is 0.0775. The fraction of sp³-hybridized carbons (Fsp3) is 0.700. The van der Waals surface area contributed by atoms with Gasteiger partial charge in [-0.2, -0.15) is 18.3 Å². The zero-order chi connectivity index (χ0) is 13.8. The minimum atomic E-state index is -4.31. The molecule has 1 aromatic heterocycles. The Morgan fingerprint density at radius 3 is 2.78 bits per heavy atom. The second-order valence-corrected chi connectivity index (χ2v) is 4.16. The number of alkyl halides is 3. The summed E-state index contributed by atoms with van der Waals surface area (Å²) in [5, 5.41) is 4.42. The van der Waals surface area contributed by atoms with E-state index in [-0.39, 0.29) is 13.0 Å². The van der Waals surface area contributed by atoms with Crippen LogP contribution in [0.5, 0.6) is 0 Å². The lowest BCUT2D eigenvalue weighted by atomic mass is 10.1. The molecule has 18 heavy (non-hydrogen) atoms. The van der Waals surface area contributed by atoms with Crippen molar-refractivity contribution in [3.8, 4) is 0 Å². The summed E-state index contributed by atoms with van der Waals surface area (Å²) in [6, 6.07) is -0.492. The molecule has 0 radical (unpaired) electrons. The number of halogens is 4. The lowest BCUT2D eigenvalue weighted by Gasteiger charge is -2.14. The van der Waals surface area contributed by atoms with Gasteiger partial charge in [-0.1, -0.05) is 11.6 Å². The lowest BCUT2D eigenvalue weighted by molar-refractivity contribution is -0.174. The molecule has 0 aliphatic heterocycles. The Morgan fingerprint density at radius 1 is 1.56 bits per heavy atom. The Labute approximate surface area is 108 Å². The van der Waals surface area contributed by atoms with Crippen LogP contribution in [0.25, 0.3) is 0 Å². The third kappa shape index (κ3) is 4.47. The average Bonchev–Trinajstić information content (AvgIpc) is 2.64. The van der Waals surface area contributed by atoms with Crippen LogP contribution in [0.4, 0.5) is 13.2 Å². The number of ether oxygens (including phenoxy) is 1. The maximum absolute atomic E-state index is 11.8. The predicted octanol–water partition coefficient (Wildman–Crippen LogP) is 2.53. The summed E-state index contributed by atoms with van der Waals surface area (Å²) in [5.74, 6) is 0. The van der Waals surface area contributed by atoms with E-state index in [1.165, 1.54) is 6.20 Å². The first-order chi connectivity index (χ1) is 8.35. The molecule has 1 atom stereocenters. The summed E-state index contributed by atoms with van der Waals surface area (Å²) < 4.78 is 41.7. The number of nitrogens with two attached hydrogens (primary N) is 1. The third-order valence-corrected chi connectivity index (χ3v) is 2.61. The molecule has 2 N–H and O–H groups in total. The highest BCUT2D eigenvalue weighted by Gasteiger charge is 2.27. The van der Waals surface area contributed by atoms with E-state index in [2.05, 4.69) is 9.84 Å². The number of nitrogens with zero attached hydrogens (tertiary/aromatic N) is 2. The highest BCUT2D eigenvalue weighted by Crippen LogP contribution is 2.23. The van der Waals surface area contributed by atoms with Crippen molar-refractivity contribution in [2.24, 2.45) is 5.73 Å². The smallest absolute Gasteiger partial charge is 0.372 e. The van der Waals surface area contributed by atoms with E-state index in [1.54, 1.807) is 4.68 Å². The second kappa shape index (κ2) is 6.40. The molecule has 4 nitrogen and oxygen atoms in total. The van der Waals surface area contributed by atoms with Gasteiger partial charge in [0.05, 0.1) is 23.0 Å². The Kier molecular flexibility index (Phi) is 5.43. The summed E-state index contributed by atoms with van der Waals surface area (Å²) in [6.45, 7) is 1.13. The standard InChI is InChI=1S/C10H15ClF3N3O/c1-2-17-9(7(11)5-16-17)8(15)3-4-18-6-10(12,13)14/h5,8H,2-4,6,15H2,1H3. The summed E-state index contributed by atoms with van der Waals surface area (Å²) in [4.78, 5) is 0. The second-order valence-electron chi connectivity index (χ2n) is 3.76. The zero-order valence-electron chi connectivity index (χ0n) is 9.88. The van der Waals surface area contributed by atoms with Crippen LogP contribution in [0.1, 0.15) is 25.1 Å². The van der Waals surface area contributed by atoms with Gasteiger partial charge in [0.2, 0.25) is 0 Å². The van der Waals surface area contributed by atoms with E-state index >= 15 is 0 Å². The first-order valence-corrected chi connectivity index (χ1v) is 5.84. The molecular weight excluding hydrogens is 271 g/mol. The van der Waals surface area contributed by atoms with Crippen molar-refractivity contribution >= 4 is 11.6 Å². The molecule has 0 saturated heterocycles. The third-order valence-electron chi connectivity index (χ3n) is 2.32. The average molecular weight is 286 g/mol. The minimum Gasteiger partial charge on any atom is -0.372 e. The molecule has 104 valence electrons. The number of hydrogen-bond acceptors (Lipinski definition) is 3. The van der Waals surface area contributed by atoms with Crippen molar-refractivity contribution < 1.29 is 17.9 Å². The van der Waals surface area contributed by atoms with Crippen molar-refractivity contribution in [1.82, 2.24) is 9.78 Å². The van der Waals surface area contributed by atoms with Crippen molar-refractivity contribution in [3.05, 3.63) is 16.9 Å². The van der Waals surface area contributed by atoms with Crippen LogP contribution in [0.2, 0.25) is 5.02 Å². The van der Waals surface area contributed by atoms with E-state index < -0.39 is 18.8 Å². The summed E-state index contributed by atoms with van der Waals surface area (Å²) in [7, 11) is 0. The maximum Gasteiger partial charge on any atom is 0.411 e. The van der Waals surface area contributed by atoms with Gasteiger partial charge in [0, 0.05) is 13.2 Å². The van der Waals surface area contributed by atoms with Crippen LogP contribution < -0.4 is 5.73 Å². The predicted molar refractivity (Wildman–Crippen MR) is 61.3 cm³/mol. The van der Waals surface area contributed by atoms with E-state index in [0.717, 1.165) is 0 Å². The molecule has 1 heterocycles. The Bertz CT molecular complexity index is 381. The van der Waals surface area contributed by atoms with Crippen LogP contribution >= 0.6 is 11.6 Å². The summed E-state index contributed by atoms with van der Waals surface area (Å²) in [6.07, 6.45) is -2.59. The highest BCUT2D eigenvalue weighted by atomic mass is 35.5. The normalized spacial score (nSPS) is 13.9. The summed E-state index contributed by atoms with van der Waals surface area (Å²) >= 11 is 5.92. The maximum atomic E-state index is 11.8. The van der Waals surface area contributed by atoms with Gasteiger partial charge < -0.3 is 10.5 Å². The van der Waals surface area contributed by atoms with Gasteiger partial charge in [-0.3, -0.25) is 4.68 Å². The van der Waals surface area contributed by atoms with Crippen LogP contribution in [-0.4, -0.2) is 29.2 Å². The fourth-order valence-electron chi connectivity index (χ4n) is 1.53. The van der Waals surface area contributed by atoms with E-state index in [0.29, 0.717) is 17.3 Å². The molecule has 0 bridgehead atoms. The number of hydrogen-bond donors (Lipinski definition) is 1. The molecule has 1 unspecified atom stereocenters. The van der Waals surface area contributed by atoms with Crippen LogP contribution in [0.3, 0.4) is 0 Å². The summed E-state index contributed by atoms with van der Waals surface area (Å²) in [5.41, 5.74) is 6.48. The van der Waals surface area contributed by atoms with Crippen LogP contribution in [-0.2, 0) is 11.3 Å². The van der Waals surface area contributed by atoms with E-state index in [9.17, 15) is 13.2 Å². The molecule has 1 aromatic rings. The van der Waals surface area contributed by atoms with Crippen LogP contribution in [0.15, 0.2) is 6.20 Å². The van der Waals surface area contributed by atoms with Gasteiger partial charge in [0.25, 0.3) is 0 Å². The first kappa shape index (κ1) is 15.3. The topological polar surface area (TPSA) is 53.1 Å². The largest absolute Gasteiger partial charge is 0.411 e. The first-order valence-electron chi connectivity index (χ1n) is 5.46. The van der Waals surface area contributed by atoms with E-state index in [1.807, 2.05) is 6.92 Å². The molecule has 8 heteroatoms. The molecular formula is C10H15ClF3N3O. The van der Waals surface area contributed by atoms with Crippen molar-refractivity contribution in [1.29, 1.82) is 0 Å². The molecule has 0 spiro atoms. The number of aromatic nitrogens is 2. The Hall–Kier alpha value is -0.790. The van der Waals surface area contributed by atoms with Gasteiger partial charge in [0.15, 0.2) is 0 Å². The molecule has 0 amide bonds. The molecule has 1 rings (SSSR count). The lowest BCUT2D eigenvalue weighted by Crippen LogP contribution is -2.21.